The third kappa shape index (κ3) is 3.23. The lowest BCUT2D eigenvalue weighted by molar-refractivity contribution is -0.402. The summed E-state index contributed by atoms with van der Waals surface area (Å²) in [6.07, 6.45) is 0. The lowest BCUT2D eigenvalue weighted by atomic mass is 9.98. The highest BCUT2D eigenvalue weighted by molar-refractivity contribution is 5.97. The molecule has 3 rings (SSSR count). The second-order valence-corrected chi connectivity index (χ2v) is 6.04. The Bertz CT molecular complexity index is 852. The van der Waals surface area contributed by atoms with Crippen LogP contribution < -0.4 is 5.32 Å². The van der Waals surface area contributed by atoms with Crippen molar-refractivity contribution >= 4 is 23.4 Å². The monoisotopic (exact) mass is 343 g/mol. The fourth-order valence-corrected chi connectivity index (χ4v) is 2.63. The van der Waals surface area contributed by atoms with Crippen LogP contribution in [0.2, 0.25) is 0 Å². The highest BCUT2D eigenvalue weighted by Crippen LogP contribution is 2.24. The van der Waals surface area contributed by atoms with Crippen LogP contribution in [-0.4, -0.2) is 34.7 Å². The Morgan fingerprint density at radius 3 is 2.60 bits per heavy atom. The lowest BCUT2D eigenvalue weighted by Crippen LogP contribution is -2.54. The van der Waals surface area contributed by atoms with Crippen LogP contribution in [0, 0.1) is 29.9 Å². The lowest BCUT2D eigenvalue weighted by Gasteiger charge is -2.37. The Balaban J connectivity index is 1.58. The molecule has 1 saturated heterocycles. The molecule has 1 aliphatic rings. The van der Waals surface area contributed by atoms with Crippen molar-refractivity contribution in [3.05, 3.63) is 57.3 Å². The number of benzene rings is 1. The van der Waals surface area contributed by atoms with Gasteiger partial charge in [-0.3, -0.25) is 19.7 Å². The number of rotatable bonds is 4. The molecule has 2 aromatic rings. The summed E-state index contributed by atoms with van der Waals surface area (Å²) in [5.74, 6) is -1.49. The minimum atomic E-state index is -0.701. The van der Waals surface area contributed by atoms with Gasteiger partial charge in [-0.1, -0.05) is 12.1 Å². The van der Waals surface area contributed by atoms with Crippen LogP contribution in [0.15, 0.2) is 34.7 Å². The van der Waals surface area contributed by atoms with Crippen molar-refractivity contribution in [2.24, 2.45) is 5.92 Å². The van der Waals surface area contributed by atoms with E-state index in [1.807, 2.05) is 32.0 Å². The van der Waals surface area contributed by atoms with Crippen LogP contribution in [0.1, 0.15) is 21.7 Å². The first kappa shape index (κ1) is 16.7. The van der Waals surface area contributed by atoms with E-state index in [1.54, 1.807) is 0 Å². The average molecular weight is 343 g/mol. The molecule has 1 aliphatic heterocycles. The van der Waals surface area contributed by atoms with E-state index in [0.29, 0.717) is 0 Å². The van der Waals surface area contributed by atoms with E-state index >= 15 is 0 Å². The second-order valence-electron chi connectivity index (χ2n) is 6.04. The minimum Gasteiger partial charge on any atom is -0.395 e. The van der Waals surface area contributed by atoms with Gasteiger partial charge < -0.3 is 14.6 Å². The third-order valence-corrected chi connectivity index (χ3v) is 4.38. The van der Waals surface area contributed by atoms with Gasteiger partial charge in [-0.15, -0.1) is 0 Å². The molecule has 1 N–H and O–H groups in total. The molecule has 0 unspecified atom stereocenters. The van der Waals surface area contributed by atoms with Gasteiger partial charge in [0.25, 0.3) is 5.91 Å². The normalized spacial score (nSPS) is 14.1. The molecule has 130 valence electrons. The molecule has 0 bridgehead atoms. The Kier molecular flexibility index (Phi) is 4.26. The smallest absolute Gasteiger partial charge is 0.395 e. The van der Waals surface area contributed by atoms with Crippen LogP contribution in [-0.2, 0) is 4.79 Å². The maximum Gasteiger partial charge on any atom is 0.433 e. The van der Waals surface area contributed by atoms with Gasteiger partial charge in [-0.05, 0) is 37.1 Å². The maximum absolute atomic E-state index is 12.3. The summed E-state index contributed by atoms with van der Waals surface area (Å²) in [4.78, 5) is 35.8. The summed E-state index contributed by atoms with van der Waals surface area (Å²) >= 11 is 0. The summed E-state index contributed by atoms with van der Waals surface area (Å²) in [5.41, 5.74) is 2.85. The zero-order valence-electron chi connectivity index (χ0n) is 13.8. The number of aryl methyl sites for hydroxylation is 1. The second kappa shape index (κ2) is 6.39. The fraction of sp³-hybridized carbons (Fsp3) is 0.294. The van der Waals surface area contributed by atoms with Crippen molar-refractivity contribution in [2.45, 2.75) is 13.8 Å². The van der Waals surface area contributed by atoms with Crippen molar-refractivity contribution in [2.75, 3.05) is 18.4 Å². The number of nitrogens with zero attached hydrogens (tertiary/aromatic N) is 2. The molecule has 25 heavy (non-hydrogen) atoms. The number of carbonyl (C=O) groups is 2. The summed E-state index contributed by atoms with van der Waals surface area (Å²) in [5, 5.41) is 13.5. The fourth-order valence-electron chi connectivity index (χ4n) is 2.63. The predicted molar refractivity (Wildman–Crippen MR) is 89.3 cm³/mol. The molecule has 1 aromatic heterocycles. The van der Waals surface area contributed by atoms with Crippen molar-refractivity contribution in [1.29, 1.82) is 0 Å². The van der Waals surface area contributed by atoms with Crippen molar-refractivity contribution in [3.63, 3.8) is 0 Å². The molecule has 0 atom stereocenters. The highest BCUT2D eigenvalue weighted by atomic mass is 16.6. The Morgan fingerprint density at radius 2 is 1.96 bits per heavy atom. The molecular weight excluding hydrogens is 326 g/mol. The first-order chi connectivity index (χ1) is 11.9. The highest BCUT2D eigenvalue weighted by Gasteiger charge is 2.37. The van der Waals surface area contributed by atoms with E-state index < -0.39 is 16.7 Å². The number of hydrogen-bond donors (Lipinski definition) is 1. The summed E-state index contributed by atoms with van der Waals surface area (Å²) < 4.78 is 4.89. The van der Waals surface area contributed by atoms with Gasteiger partial charge >= 0.3 is 5.88 Å². The van der Waals surface area contributed by atoms with E-state index in [9.17, 15) is 19.7 Å². The number of carbonyl (C=O) groups excluding carboxylic acids is 2. The molecule has 8 nitrogen and oxygen atoms in total. The molecule has 2 heterocycles. The number of amides is 2. The van der Waals surface area contributed by atoms with Crippen LogP contribution >= 0.6 is 0 Å². The first-order valence-electron chi connectivity index (χ1n) is 7.77. The van der Waals surface area contributed by atoms with E-state index in [0.717, 1.165) is 22.9 Å². The average Bonchev–Trinajstić information content (AvgIpc) is 3.00. The standard InChI is InChI=1S/C17H17N3O5/c1-10-4-3-5-13(11(10)2)18-16(21)12-8-19(9-12)17(22)14-6-7-15(25-14)20(23)24/h3-7,12H,8-9H2,1-2H3,(H,18,21). The zero-order valence-corrected chi connectivity index (χ0v) is 13.8. The van der Waals surface area contributed by atoms with Crippen molar-refractivity contribution < 1.29 is 18.9 Å². The van der Waals surface area contributed by atoms with E-state index in [4.69, 9.17) is 4.42 Å². The summed E-state index contributed by atoms with van der Waals surface area (Å²) in [6, 6.07) is 8.08. The van der Waals surface area contributed by atoms with Crippen molar-refractivity contribution in [3.8, 4) is 0 Å². The Hall–Kier alpha value is -3.16. The third-order valence-electron chi connectivity index (χ3n) is 4.38. The molecule has 8 heteroatoms. The predicted octanol–water partition coefficient (Wildman–Crippen LogP) is 2.52. The Morgan fingerprint density at radius 1 is 1.24 bits per heavy atom. The topological polar surface area (TPSA) is 106 Å². The van der Waals surface area contributed by atoms with Crippen molar-refractivity contribution in [1.82, 2.24) is 4.90 Å². The van der Waals surface area contributed by atoms with Crippen LogP contribution in [0.4, 0.5) is 11.6 Å². The number of anilines is 1. The zero-order chi connectivity index (χ0) is 18.1. The van der Waals surface area contributed by atoms with Crippen LogP contribution in [0.25, 0.3) is 0 Å². The number of nitrogens with one attached hydrogen (secondary N) is 1. The molecule has 0 saturated carbocycles. The van der Waals surface area contributed by atoms with Gasteiger partial charge in [0.15, 0.2) is 5.76 Å². The van der Waals surface area contributed by atoms with Gasteiger partial charge in [-0.2, -0.15) is 0 Å². The largest absolute Gasteiger partial charge is 0.433 e. The van der Waals surface area contributed by atoms with Gasteiger partial charge in [-0.25, -0.2) is 0 Å². The first-order valence-corrected chi connectivity index (χ1v) is 7.77. The molecule has 2 amide bonds. The number of furan rings is 1. The van der Waals surface area contributed by atoms with Gasteiger partial charge in [0, 0.05) is 18.8 Å². The molecule has 0 aliphatic carbocycles. The van der Waals surface area contributed by atoms with Gasteiger partial charge in [0.1, 0.15) is 4.92 Å². The molecular formula is C17H17N3O5. The molecule has 0 spiro atoms. The number of hydrogen-bond acceptors (Lipinski definition) is 5. The van der Waals surface area contributed by atoms with E-state index in [2.05, 4.69) is 5.32 Å². The Labute approximate surface area is 143 Å². The summed E-state index contributed by atoms with van der Waals surface area (Å²) in [7, 11) is 0. The van der Waals surface area contributed by atoms with Gasteiger partial charge in [0.05, 0.1) is 12.0 Å². The SMILES string of the molecule is Cc1cccc(NC(=O)C2CN(C(=O)c3ccc([N+](=O)[O-])o3)C2)c1C. The maximum atomic E-state index is 12.3. The van der Waals surface area contributed by atoms with Crippen LogP contribution in [0.3, 0.4) is 0 Å². The number of likely N-dealkylation sites (tertiary alicyclic amines) is 1. The van der Waals surface area contributed by atoms with E-state index in [-0.39, 0.29) is 30.7 Å². The minimum absolute atomic E-state index is 0.0971. The quantitative estimate of drug-likeness (QED) is 0.678. The molecule has 1 aromatic carbocycles. The molecule has 1 fully saturated rings. The summed E-state index contributed by atoms with van der Waals surface area (Å²) in [6.45, 7) is 4.41. The number of nitro groups is 1. The van der Waals surface area contributed by atoms with Gasteiger partial charge in [0.2, 0.25) is 5.91 Å². The molecule has 0 radical (unpaired) electrons. The van der Waals surface area contributed by atoms with Crippen LogP contribution in [0.5, 0.6) is 0 Å². The van der Waals surface area contributed by atoms with E-state index in [1.165, 1.54) is 11.0 Å².